The van der Waals surface area contributed by atoms with Gasteiger partial charge in [0, 0.05) is 36.0 Å². The standard InChI is InChI=1S/C24H28N2O3/c1-2-3-4-7-12-25-24(27)14-19(17-10-11-22-23(13-17)29-16-28-22)20-15-26-21-9-6-5-8-18(20)21/h5-6,8-11,13,15,19,26H,2-4,7,12,14,16H2,1H3,(H,25,27)/t19-/m1/s1. The normalized spacial score (nSPS) is 13.6. The van der Waals surface area contributed by atoms with E-state index in [0.717, 1.165) is 52.9 Å². The average molecular weight is 392 g/mol. The van der Waals surface area contributed by atoms with Crippen molar-refractivity contribution in [2.45, 2.75) is 44.9 Å². The Morgan fingerprint density at radius 2 is 1.97 bits per heavy atom. The molecule has 2 heterocycles. The lowest BCUT2D eigenvalue weighted by Crippen LogP contribution is -2.26. The number of aromatic nitrogens is 1. The van der Waals surface area contributed by atoms with Crippen LogP contribution in [0.3, 0.4) is 0 Å². The monoisotopic (exact) mass is 392 g/mol. The van der Waals surface area contributed by atoms with Crippen LogP contribution in [-0.2, 0) is 4.79 Å². The van der Waals surface area contributed by atoms with Gasteiger partial charge < -0.3 is 19.8 Å². The molecule has 4 rings (SSSR count). The van der Waals surface area contributed by atoms with Crippen LogP contribution in [0, 0.1) is 0 Å². The van der Waals surface area contributed by atoms with E-state index in [1.807, 2.05) is 36.5 Å². The van der Waals surface area contributed by atoms with Gasteiger partial charge in [-0.05, 0) is 35.7 Å². The largest absolute Gasteiger partial charge is 0.454 e. The summed E-state index contributed by atoms with van der Waals surface area (Å²) in [6, 6.07) is 14.2. The van der Waals surface area contributed by atoms with Gasteiger partial charge in [-0.3, -0.25) is 4.79 Å². The Labute approximate surface area is 171 Å². The van der Waals surface area contributed by atoms with Gasteiger partial charge in [0.25, 0.3) is 0 Å². The lowest BCUT2D eigenvalue weighted by atomic mass is 9.87. The summed E-state index contributed by atoms with van der Waals surface area (Å²) in [4.78, 5) is 16.1. The number of ether oxygens (including phenoxy) is 2. The van der Waals surface area contributed by atoms with E-state index in [4.69, 9.17) is 9.47 Å². The van der Waals surface area contributed by atoms with Crippen LogP contribution >= 0.6 is 0 Å². The molecule has 0 saturated carbocycles. The van der Waals surface area contributed by atoms with E-state index in [-0.39, 0.29) is 18.6 Å². The molecular formula is C24H28N2O3. The zero-order valence-corrected chi connectivity index (χ0v) is 16.9. The first-order valence-corrected chi connectivity index (χ1v) is 10.5. The molecule has 3 aromatic rings. The zero-order chi connectivity index (χ0) is 20.1. The lowest BCUT2D eigenvalue weighted by Gasteiger charge is -2.18. The van der Waals surface area contributed by atoms with Crippen LogP contribution in [0.1, 0.15) is 56.1 Å². The van der Waals surface area contributed by atoms with E-state index in [1.54, 1.807) is 0 Å². The summed E-state index contributed by atoms with van der Waals surface area (Å²) in [5.74, 6) is 1.52. The molecule has 1 amide bonds. The molecular weight excluding hydrogens is 364 g/mol. The van der Waals surface area contributed by atoms with Crippen molar-refractivity contribution in [2.24, 2.45) is 0 Å². The van der Waals surface area contributed by atoms with Gasteiger partial charge in [0.05, 0.1) is 0 Å². The van der Waals surface area contributed by atoms with Gasteiger partial charge in [0.1, 0.15) is 0 Å². The van der Waals surface area contributed by atoms with Gasteiger partial charge in [-0.1, -0.05) is 50.5 Å². The summed E-state index contributed by atoms with van der Waals surface area (Å²) in [5, 5.41) is 4.24. The number of aromatic amines is 1. The van der Waals surface area contributed by atoms with Crippen LogP contribution in [-0.4, -0.2) is 24.2 Å². The van der Waals surface area contributed by atoms with Crippen molar-refractivity contribution in [3.8, 4) is 11.5 Å². The average Bonchev–Trinajstić information content (AvgIpc) is 3.38. The second kappa shape index (κ2) is 9.03. The van der Waals surface area contributed by atoms with Crippen LogP contribution in [0.25, 0.3) is 10.9 Å². The number of unbranched alkanes of at least 4 members (excludes halogenated alkanes) is 3. The highest BCUT2D eigenvalue weighted by molar-refractivity contribution is 5.86. The molecule has 5 heteroatoms. The van der Waals surface area contributed by atoms with Crippen molar-refractivity contribution in [3.63, 3.8) is 0 Å². The maximum Gasteiger partial charge on any atom is 0.231 e. The number of para-hydroxylation sites is 1. The highest BCUT2D eigenvalue weighted by Gasteiger charge is 2.24. The molecule has 2 N–H and O–H groups in total. The molecule has 1 atom stereocenters. The molecule has 2 aromatic carbocycles. The third-order valence-electron chi connectivity index (χ3n) is 5.54. The molecule has 0 aliphatic carbocycles. The number of rotatable bonds is 9. The van der Waals surface area contributed by atoms with Crippen molar-refractivity contribution in [1.82, 2.24) is 10.3 Å². The van der Waals surface area contributed by atoms with Crippen LogP contribution in [0.4, 0.5) is 0 Å². The molecule has 0 radical (unpaired) electrons. The fourth-order valence-electron chi connectivity index (χ4n) is 3.96. The first-order valence-electron chi connectivity index (χ1n) is 10.5. The summed E-state index contributed by atoms with van der Waals surface area (Å²) in [5.41, 5.74) is 3.26. The predicted octanol–water partition coefficient (Wildman–Crippen LogP) is 5.12. The van der Waals surface area contributed by atoms with Gasteiger partial charge in [-0.25, -0.2) is 0 Å². The number of fused-ring (bicyclic) bond motifs is 2. The van der Waals surface area contributed by atoms with E-state index < -0.39 is 0 Å². The zero-order valence-electron chi connectivity index (χ0n) is 16.9. The van der Waals surface area contributed by atoms with Crippen molar-refractivity contribution < 1.29 is 14.3 Å². The van der Waals surface area contributed by atoms with E-state index in [2.05, 4.69) is 29.4 Å². The van der Waals surface area contributed by atoms with Gasteiger partial charge in [-0.2, -0.15) is 0 Å². The van der Waals surface area contributed by atoms with Gasteiger partial charge in [-0.15, -0.1) is 0 Å². The van der Waals surface area contributed by atoms with Crippen molar-refractivity contribution in [3.05, 3.63) is 59.8 Å². The summed E-state index contributed by atoms with van der Waals surface area (Å²) in [7, 11) is 0. The molecule has 0 fully saturated rings. The fourth-order valence-corrected chi connectivity index (χ4v) is 3.96. The number of carbonyl (C=O) groups is 1. The Hall–Kier alpha value is -2.95. The predicted molar refractivity (Wildman–Crippen MR) is 114 cm³/mol. The summed E-state index contributed by atoms with van der Waals surface area (Å²) >= 11 is 0. The minimum absolute atomic E-state index is 0.0590. The van der Waals surface area contributed by atoms with E-state index in [0.29, 0.717) is 6.42 Å². The first-order chi connectivity index (χ1) is 14.3. The highest BCUT2D eigenvalue weighted by Crippen LogP contribution is 2.39. The second-order valence-electron chi connectivity index (χ2n) is 7.57. The second-order valence-corrected chi connectivity index (χ2v) is 7.57. The minimum Gasteiger partial charge on any atom is -0.454 e. The molecule has 1 aliphatic heterocycles. The van der Waals surface area contributed by atoms with Crippen molar-refractivity contribution >= 4 is 16.8 Å². The Kier molecular flexibility index (Phi) is 6.03. The molecule has 152 valence electrons. The number of amides is 1. The Morgan fingerprint density at radius 1 is 1.10 bits per heavy atom. The van der Waals surface area contributed by atoms with Crippen LogP contribution in [0.5, 0.6) is 11.5 Å². The van der Waals surface area contributed by atoms with E-state index in [9.17, 15) is 4.79 Å². The lowest BCUT2D eigenvalue weighted by molar-refractivity contribution is -0.121. The quantitative estimate of drug-likeness (QED) is 0.497. The van der Waals surface area contributed by atoms with Crippen LogP contribution in [0.15, 0.2) is 48.7 Å². The summed E-state index contributed by atoms with van der Waals surface area (Å²) in [6.07, 6.45) is 7.02. The number of benzene rings is 2. The molecule has 0 bridgehead atoms. The maximum absolute atomic E-state index is 12.7. The number of H-pyrrole nitrogens is 1. The molecule has 1 aliphatic rings. The molecule has 29 heavy (non-hydrogen) atoms. The minimum atomic E-state index is -0.0590. The SMILES string of the molecule is CCCCCCNC(=O)C[C@H](c1ccc2c(c1)OCO2)c1c[nH]c2ccccc12. The van der Waals surface area contributed by atoms with Gasteiger partial charge in [0.15, 0.2) is 11.5 Å². The molecule has 1 aromatic heterocycles. The third-order valence-corrected chi connectivity index (χ3v) is 5.54. The number of hydrogen-bond donors (Lipinski definition) is 2. The Balaban J connectivity index is 1.57. The summed E-state index contributed by atoms with van der Waals surface area (Å²) in [6.45, 7) is 3.17. The summed E-state index contributed by atoms with van der Waals surface area (Å²) < 4.78 is 11.0. The topological polar surface area (TPSA) is 63.4 Å². The number of hydrogen-bond acceptors (Lipinski definition) is 3. The molecule has 0 saturated heterocycles. The van der Waals surface area contributed by atoms with Crippen molar-refractivity contribution in [2.75, 3.05) is 13.3 Å². The van der Waals surface area contributed by atoms with Gasteiger partial charge in [0.2, 0.25) is 12.7 Å². The smallest absolute Gasteiger partial charge is 0.231 e. The molecule has 5 nitrogen and oxygen atoms in total. The molecule has 0 unspecified atom stereocenters. The third kappa shape index (κ3) is 4.39. The fraction of sp³-hybridized carbons (Fsp3) is 0.375. The van der Waals surface area contributed by atoms with Gasteiger partial charge >= 0.3 is 0 Å². The maximum atomic E-state index is 12.7. The highest BCUT2D eigenvalue weighted by atomic mass is 16.7. The first kappa shape index (κ1) is 19.4. The van der Waals surface area contributed by atoms with E-state index >= 15 is 0 Å². The Morgan fingerprint density at radius 3 is 2.86 bits per heavy atom. The number of carbonyl (C=O) groups excluding carboxylic acids is 1. The Bertz CT molecular complexity index is 979. The molecule has 0 spiro atoms. The van der Waals surface area contributed by atoms with Crippen LogP contribution < -0.4 is 14.8 Å². The van der Waals surface area contributed by atoms with E-state index in [1.165, 1.54) is 12.8 Å². The van der Waals surface area contributed by atoms with Crippen LogP contribution in [0.2, 0.25) is 0 Å². The van der Waals surface area contributed by atoms with Crippen molar-refractivity contribution in [1.29, 1.82) is 0 Å². The number of nitrogens with one attached hydrogen (secondary N) is 2.